The van der Waals surface area contributed by atoms with E-state index in [0.29, 0.717) is 28.9 Å². The van der Waals surface area contributed by atoms with E-state index >= 15 is 0 Å². The molecule has 1 heterocycles. The number of rotatable bonds is 8. The Labute approximate surface area is 179 Å². The minimum atomic E-state index is -1.03. The van der Waals surface area contributed by atoms with Gasteiger partial charge in [-0.3, -0.25) is 9.69 Å². The van der Waals surface area contributed by atoms with Gasteiger partial charge in [-0.1, -0.05) is 37.3 Å². The third-order valence-corrected chi connectivity index (χ3v) is 5.19. The lowest BCUT2D eigenvalue weighted by Gasteiger charge is -2.12. The Morgan fingerprint density at radius 3 is 2.80 bits per heavy atom. The summed E-state index contributed by atoms with van der Waals surface area (Å²) in [5.41, 5.74) is 1.42. The van der Waals surface area contributed by atoms with E-state index in [2.05, 4.69) is 11.6 Å². The fourth-order valence-electron chi connectivity index (χ4n) is 2.78. The van der Waals surface area contributed by atoms with Crippen molar-refractivity contribution in [1.29, 1.82) is 0 Å². The van der Waals surface area contributed by atoms with Gasteiger partial charge in [0.05, 0.1) is 22.8 Å². The molecule has 0 radical (unpaired) electrons. The number of carboxylic acids is 1. The average Bonchev–Trinajstić information content (AvgIpc) is 3.02. The molecule has 1 aliphatic heterocycles. The van der Waals surface area contributed by atoms with Crippen LogP contribution >= 0.6 is 11.8 Å². The Hall–Kier alpha value is -3.32. The predicted molar refractivity (Wildman–Crippen MR) is 120 cm³/mol. The van der Waals surface area contributed by atoms with Crippen LogP contribution in [0.3, 0.4) is 0 Å². The van der Waals surface area contributed by atoms with E-state index in [1.165, 1.54) is 28.8 Å². The van der Waals surface area contributed by atoms with E-state index in [1.807, 2.05) is 31.2 Å². The molecular weight excluding hydrogens is 400 g/mol. The second-order valence-electron chi connectivity index (χ2n) is 6.45. The highest BCUT2D eigenvalue weighted by Crippen LogP contribution is 2.35. The smallest absolute Gasteiger partial charge is 0.335 e. The predicted octanol–water partition coefficient (Wildman–Crippen LogP) is 4.96. The standard InChI is InChI=1S/C23H22N2O4S/c1-3-12-25-21(26)20(15-16-8-5-6-11-19(16)29-13-4-2)30-23(25)24-18-10-7-9-17(14-18)22(27)28/h3,5-11,14-15H,1,4,12-13H2,2H3,(H,27,28)/b20-15-,24-23?. The normalized spacial score (nSPS) is 16.3. The molecule has 0 bridgehead atoms. The van der Waals surface area contributed by atoms with Crippen LogP contribution in [0.5, 0.6) is 5.75 Å². The molecule has 0 spiro atoms. The number of nitrogens with zero attached hydrogens (tertiary/aromatic N) is 2. The Morgan fingerprint density at radius 1 is 1.27 bits per heavy atom. The van der Waals surface area contributed by atoms with Crippen LogP contribution in [0.2, 0.25) is 0 Å². The minimum Gasteiger partial charge on any atom is -0.493 e. The molecule has 0 aliphatic carbocycles. The Kier molecular flexibility index (Phi) is 7.08. The Morgan fingerprint density at radius 2 is 2.07 bits per heavy atom. The molecule has 3 rings (SSSR count). The molecular formula is C23H22N2O4S. The molecule has 6 nitrogen and oxygen atoms in total. The maximum atomic E-state index is 13.0. The molecule has 1 amide bonds. The van der Waals surface area contributed by atoms with Crippen molar-refractivity contribution >= 4 is 40.6 Å². The van der Waals surface area contributed by atoms with E-state index in [1.54, 1.807) is 24.3 Å². The SMILES string of the molecule is C=CCN1C(=O)/C(=C/c2ccccc2OCCC)SC1=Nc1cccc(C(=O)O)c1. The molecule has 2 aromatic rings. The molecule has 30 heavy (non-hydrogen) atoms. The number of ether oxygens (including phenoxy) is 1. The molecule has 1 N–H and O–H groups in total. The zero-order valence-corrected chi connectivity index (χ0v) is 17.4. The summed E-state index contributed by atoms with van der Waals surface area (Å²) in [5.74, 6) is -0.493. The number of carbonyl (C=O) groups is 2. The average molecular weight is 423 g/mol. The van der Waals surface area contributed by atoms with Crippen molar-refractivity contribution in [3.05, 3.63) is 77.2 Å². The highest BCUT2D eigenvalue weighted by molar-refractivity contribution is 8.18. The Bertz CT molecular complexity index is 1030. The molecule has 154 valence electrons. The van der Waals surface area contributed by atoms with Crippen LogP contribution < -0.4 is 4.74 Å². The van der Waals surface area contributed by atoms with Gasteiger partial charge < -0.3 is 9.84 Å². The maximum Gasteiger partial charge on any atom is 0.335 e. The lowest BCUT2D eigenvalue weighted by atomic mass is 10.2. The first-order valence-corrected chi connectivity index (χ1v) is 10.3. The summed E-state index contributed by atoms with van der Waals surface area (Å²) >= 11 is 1.24. The monoisotopic (exact) mass is 422 g/mol. The van der Waals surface area contributed by atoms with Crippen LogP contribution in [0.25, 0.3) is 6.08 Å². The van der Waals surface area contributed by atoms with E-state index in [4.69, 9.17) is 4.74 Å². The summed E-state index contributed by atoms with van der Waals surface area (Å²) in [6.45, 7) is 6.65. The van der Waals surface area contributed by atoms with Gasteiger partial charge in [-0.15, -0.1) is 6.58 Å². The summed E-state index contributed by atoms with van der Waals surface area (Å²) < 4.78 is 5.78. The van der Waals surface area contributed by atoms with Gasteiger partial charge in [-0.2, -0.15) is 0 Å². The number of hydrogen-bond donors (Lipinski definition) is 1. The number of aliphatic imine (C=N–C) groups is 1. The summed E-state index contributed by atoms with van der Waals surface area (Å²) in [5, 5.41) is 9.66. The van der Waals surface area contributed by atoms with Crippen molar-refractivity contribution < 1.29 is 19.4 Å². The van der Waals surface area contributed by atoms with Crippen molar-refractivity contribution in [2.45, 2.75) is 13.3 Å². The molecule has 0 saturated carbocycles. The van der Waals surface area contributed by atoms with Gasteiger partial charge in [0.1, 0.15) is 5.75 Å². The number of hydrogen-bond acceptors (Lipinski definition) is 5. The first-order chi connectivity index (χ1) is 14.5. The van der Waals surface area contributed by atoms with E-state index in [-0.39, 0.29) is 11.5 Å². The first kappa shape index (κ1) is 21.4. The van der Waals surface area contributed by atoms with Crippen molar-refractivity contribution in [1.82, 2.24) is 4.90 Å². The van der Waals surface area contributed by atoms with Crippen molar-refractivity contribution in [2.24, 2.45) is 4.99 Å². The molecule has 1 aliphatic rings. The third-order valence-electron chi connectivity index (χ3n) is 4.18. The van der Waals surface area contributed by atoms with E-state index in [0.717, 1.165) is 17.7 Å². The molecule has 7 heteroatoms. The van der Waals surface area contributed by atoms with Gasteiger partial charge >= 0.3 is 5.97 Å². The molecule has 2 aromatic carbocycles. The first-order valence-electron chi connectivity index (χ1n) is 9.49. The van der Waals surface area contributed by atoms with Crippen LogP contribution in [0.15, 0.2) is 71.1 Å². The summed E-state index contributed by atoms with van der Waals surface area (Å²) in [4.78, 5) is 30.7. The highest BCUT2D eigenvalue weighted by Gasteiger charge is 2.32. The van der Waals surface area contributed by atoms with Gasteiger partial charge in [0.2, 0.25) is 0 Å². The number of aromatic carboxylic acids is 1. The van der Waals surface area contributed by atoms with Crippen molar-refractivity contribution in [3.8, 4) is 5.75 Å². The van der Waals surface area contributed by atoms with Crippen molar-refractivity contribution in [3.63, 3.8) is 0 Å². The number of thioether (sulfide) groups is 1. The maximum absolute atomic E-state index is 13.0. The minimum absolute atomic E-state index is 0.138. The highest BCUT2D eigenvalue weighted by atomic mass is 32.2. The van der Waals surface area contributed by atoms with Gasteiger partial charge in [0.25, 0.3) is 5.91 Å². The van der Waals surface area contributed by atoms with Crippen LogP contribution in [0, 0.1) is 0 Å². The van der Waals surface area contributed by atoms with E-state index < -0.39 is 5.97 Å². The largest absolute Gasteiger partial charge is 0.493 e. The topological polar surface area (TPSA) is 79.2 Å². The molecule has 0 aromatic heterocycles. The number of benzene rings is 2. The molecule has 1 fully saturated rings. The lowest BCUT2D eigenvalue weighted by Crippen LogP contribution is -2.29. The number of amidine groups is 1. The van der Waals surface area contributed by atoms with Gasteiger partial charge in [-0.05, 0) is 48.5 Å². The van der Waals surface area contributed by atoms with Crippen LogP contribution in [-0.4, -0.2) is 40.2 Å². The third kappa shape index (κ3) is 4.99. The number of carbonyl (C=O) groups excluding carboxylic acids is 1. The van der Waals surface area contributed by atoms with Gasteiger partial charge in [0.15, 0.2) is 5.17 Å². The molecule has 0 unspecified atom stereocenters. The summed E-state index contributed by atoms with van der Waals surface area (Å²) in [6.07, 6.45) is 4.31. The van der Waals surface area contributed by atoms with Gasteiger partial charge in [0, 0.05) is 12.1 Å². The summed E-state index contributed by atoms with van der Waals surface area (Å²) in [7, 11) is 0. The van der Waals surface area contributed by atoms with Gasteiger partial charge in [-0.25, -0.2) is 9.79 Å². The van der Waals surface area contributed by atoms with Crippen molar-refractivity contribution in [2.75, 3.05) is 13.2 Å². The number of carboxylic acid groups (broad SMARTS) is 1. The van der Waals surface area contributed by atoms with E-state index in [9.17, 15) is 14.7 Å². The zero-order valence-electron chi connectivity index (χ0n) is 16.6. The summed E-state index contributed by atoms with van der Waals surface area (Å²) in [6, 6.07) is 13.9. The fourth-order valence-corrected chi connectivity index (χ4v) is 3.78. The quantitative estimate of drug-likeness (QED) is 0.480. The molecule has 0 atom stereocenters. The second kappa shape index (κ2) is 9.93. The number of amides is 1. The Balaban J connectivity index is 1.95. The molecule has 1 saturated heterocycles. The zero-order chi connectivity index (χ0) is 21.5. The van der Waals surface area contributed by atoms with Crippen LogP contribution in [0.4, 0.5) is 5.69 Å². The lowest BCUT2D eigenvalue weighted by molar-refractivity contribution is -0.121. The number of para-hydroxylation sites is 1. The van der Waals surface area contributed by atoms with Crippen LogP contribution in [-0.2, 0) is 4.79 Å². The fraction of sp³-hybridized carbons (Fsp3) is 0.174. The van der Waals surface area contributed by atoms with Crippen LogP contribution in [0.1, 0.15) is 29.3 Å². The second-order valence-corrected chi connectivity index (χ2v) is 7.46.